The van der Waals surface area contributed by atoms with E-state index in [1.54, 1.807) is 0 Å². The lowest BCUT2D eigenvalue weighted by Gasteiger charge is -2.05. The van der Waals surface area contributed by atoms with E-state index >= 15 is 0 Å². The number of alkyl halides is 1. The molecule has 0 unspecified atom stereocenters. The van der Waals surface area contributed by atoms with E-state index in [0.717, 1.165) is 12.0 Å². The lowest BCUT2D eigenvalue weighted by atomic mass is 10.7. The normalized spacial score (nSPS) is 10.0. The summed E-state index contributed by atoms with van der Waals surface area (Å²) in [7, 11) is 2.06. The van der Waals surface area contributed by atoms with E-state index in [4.69, 9.17) is 0 Å². The summed E-state index contributed by atoms with van der Waals surface area (Å²) < 4.78 is 0. The molecule has 0 bridgehead atoms. The van der Waals surface area contributed by atoms with Gasteiger partial charge in [-0.05, 0) is 13.6 Å². The van der Waals surface area contributed by atoms with Gasteiger partial charge in [-0.15, -0.1) is 0 Å². The monoisotopic (exact) mass is 151 g/mol. The van der Waals surface area contributed by atoms with Gasteiger partial charge in [0.15, 0.2) is 0 Å². The summed E-state index contributed by atoms with van der Waals surface area (Å²) in [6, 6.07) is 0. The Balaban J connectivity index is 2.75. The van der Waals surface area contributed by atoms with E-state index in [2.05, 4.69) is 34.8 Å². The van der Waals surface area contributed by atoms with Crippen molar-refractivity contribution in [2.45, 2.75) is 6.92 Å². The predicted octanol–water partition coefficient (Wildman–Crippen LogP) is 1.29. The van der Waals surface area contributed by atoms with Crippen molar-refractivity contribution < 1.29 is 0 Å². The van der Waals surface area contributed by atoms with Crippen molar-refractivity contribution in [1.82, 2.24) is 4.90 Å². The summed E-state index contributed by atoms with van der Waals surface area (Å²) in [6.45, 7) is 3.24. The van der Waals surface area contributed by atoms with E-state index in [9.17, 15) is 0 Å². The van der Waals surface area contributed by atoms with Gasteiger partial charge in [-0.1, -0.05) is 22.9 Å². The molecule has 2 heteroatoms. The molecule has 0 aromatic rings. The molecule has 0 fully saturated rings. The highest BCUT2D eigenvalue weighted by Crippen LogP contribution is 1.84. The van der Waals surface area contributed by atoms with Crippen molar-refractivity contribution in [3.05, 3.63) is 0 Å². The summed E-state index contributed by atoms with van der Waals surface area (Å²) in [5.41, 5.74) is 0.976. The van der Waals surface area contributed by atoms with Crippen LogP contribution >= 0.6 is 15.9 Å². The zero-order valence-corrected chi connectivity index (χ0v) is 5.83. The first-order valence-electron chi connectivity index (χ1n) is 2.05. The average Bonchev–Trinajstić information content (AvgIpc) is 1.65. The molecule has 0 heterocycles. The van der Waals surface area contributed by atoms with Gasteiger partial charge in [0.25, 0.3) is 0 Å². The molecular formula is C4H10BrN. The second-order valence-corrected chi connectivity index (χ2v) is 1.79. The molecule has 0 aliphatic carbocycles. The zero-order chi connectivity index (χ0) is 4.99. The lowest BCUT2D eigenvalue weighted by Crippen LogP contribution is -2.13. The zero-order valence-electron chi connectivity index (χ0n) is 4.24. The van der Waals surface area contributed by atoms with E-state index in [1.165, 1.54) is 0 Å². The van der Waals surface area contributed by atoms with Gasteiger partial charge in [-0.3, -0.25) is 4.90 Å². The van der Waals surface area contributed by atoms with E-state index < -0.39 is 0 Å². The molecule has 0 amide bonds. The Bertz CT molecular complexity index is 26.7. The van der Waals surface area contributed by atoms with Crippen LogP contribution in [-0.2, 0) is 0 Å². The minimum Gasteiger partial charge on any atom is -0.297 e. The number of hydrogen-bond donors (Lipinski definition) is 0. The van der Waals surface area contributed by atoms with Gasteiger partial charge < -0.3 is 0 Å². The summed E-state index contributed by atoms with van der Waals surface area (Å²) >= 11 is 3.30. The molecule has 0 radical (unpaired) electrons. The van der Waals surface area contributed by atoms with Crippen molar-refractivity contribution in [3.63, 3.8) is 0 Å². The Morgan fingerprint density at radius 1 is 1.67 bits per heavy atom. The fraction of sp³-hybridized carbons (Fsp3) is 1.00. The third kappa shape index (κ3) is 2.67. The minimum atomic E-state index is 0.976. The van der Waals surface area contributed by atoms with Crippen LogP contribution in [-0.4, -0.2) is 23.9 Å². The van der Waals surface area contributed by atoms with Crippen molar-refractivity contribution in [1.29, 1.82) is 0 Å². The molecule has 6 heavy (non-hydrogen) atoms. The van der Waals surface area contributed by atoms with E-state index in [1.807, 2.05) is 0 Å². The van der Waals surface area contributed by atoms with Crippen molar-refractivity contribution in [2.75, 3.05) is 19.0 Å². The Kier molecular flexibility index (Phi) is 3.89. The molecule has 0 N–H and O–H groups in total. The largest absolute Gasteiger partial charge is 0.297 e. The molecule has 0 aliphatic rings. The molecule has 0 atom stereocenters. The highest BCUT2D eigenvalue weighted by atomic mass is 79.9. The molecule has 1 nitrogen and oxygen atoms in total. The molecule has 0 saturated carbocycles. The number of hydrogen-bond acceptors (Lipinski definition) is 1. The van der Waals surface area contributed by atoms with Crippen LogP contribution in [0.3, 0.4) is 0 Å². The standard InChI is InChI=1S/C4H10BrN/c1-3-6(2)4-5/h3-4H2,1-2H3. The van der Waals surface area contributed by atoms with Gasteiger partial charge in [0.05, 0.1) is 5.45 Å². The molecule has 0 aliphatic heterocycles. The second-order valence-electron chi connectivity index (χ2n) is 1.29. The summed E-state index contributed by atoms with van der Waals surface area (Å²) in [5.74, 6) is 0. The fourth-order valence-electron chi connectivity index (χ4n) is 0.0845. The third-order valence-corrected chi connectivity index (χ3v) is 1.60. The van der Waals surface area contributed by atoms with Gasteiger partial charge in [0, 0.05) is 0 Å². The highest BCUT2D eigenvalue weighted by Gasteiger charge is 1.83. The van der Waals surface area contributed by atoms with Gasteiger partial charge in [-0.25, -0.2) is 0 Å². The molecule has 0 spiro atoms. The SMILES string of the molecule is CCN(C)CBr. The van der Waals surface area contributed by atoms with Crippen LogP contribution in [0.4, 0.5) is 0 Å². The van der Waals surface area contributed by atoms with Crippen LogP contribution in [0.1, 0.15) is 6.92 Å². The van der Waals surface area contributed by atoms with Gasteiger partial charge in [0.2, 0.25) is 0 Å². The van der Waals surface area contributed by atoms with Crippen molar-refractivity contribution in [3.8, 4) is 0 Å². The Labute approximate surface area is 47.5 Å². The second kappa shape index (κ2) is 3.62. The van der Waals surface area contributed by atoms with Crippen LogP contribution in [0.2, 0.25) is 0 Å². The van der Waals surface area contributed by atoms with Crippen LogP contribution in [0.5, 0.6) is 0 Å². The van der Waals surface area contributed by atoms with E-state index in [0.29, 0.717) is 0 Å². The fourth-order valence-corrected chi connectivity index (χ4v) is 0.439. The molecule has 0 saturated heterocycles. The quantitative estimate of drug-likeness (QED) is 0.425. The van der Waals surface area contributed by atoms with Crippen LogP contribution in [0.25, 0.3) is 0 Å². The topological polar surface area (TPSA) is 3.24 Å². The molecule has 0 aromatic heterocycles. The van der Waals surface area contributed by atoms with Gasteiger partial charge in [-0.2, -0.15) is 0 Å². The third-order valence-electron chi connectivity index (χ3n) is 0.744. The molecule has 0 aromatic carbocycles. The maximum absolute atomic E-state index is 3.30. The summed E-state index contributed by atoms with van der Waals surface area (Å²) in [5, 5.41) is 0. The van der Waals surface area contributed by atoms with Crippen LogP contribution in [0, 0.1) is 0 Å². The maximum atomic E-state index is 3.30. The van der Waals surface area contributed by atoms with Crippen molar-refractivity contribution in [2.24, 2.45) is 0 Å². The first kappa shape index (κ1) is 6.44. The smallest absolute Gasteiger partial charge is 0.0539 e. The molecule has 0 rings (SSSR count). The van der Waals surface area contributed by atoms with Crippen LogP contribution < -0.4 is 0 Å². The van der Waals surface area contributed by atoms with Gasteiger partial charge in [0.1, 0.15) is 0 Å². The Hall–Kier alpha value is 0.440. The molecule has 38 valence electrons. The summed E-state index contributed by atoms with van der Waals surface area (Å²) in [6.07, 6.45) is 0. The highest BCUT2D eigenvalue weighted by molar-refractivity contribution is 9.09. The van der Waals surface area contributed by atoms with Crippen LogP contribution in [0.15, 0.2) is 0 Å². The van der Waals surface area contributed by atoms with E-state index in [-0.39, 0.29) is 0 Å². The number of rotatable bonds is 2. The van der Waals surface area contributed by atoms with Crippen molar-refractivity contribution >= 4 is 15.9 Å². The maximum Gasteiger partial charge on any atom is 0.0539 e. The first-order valence-corrected chi connectivity index (χ1v) is 3.18. The summed E-state index contributed by atoms with van der Waals surface area (Å²) in [4.78, 5) is 2.17. The lowest BCUT2D eigenvalue weighted by molar-refractivity contribution is 0.420. The number of halogens is 1. The average molecular weight is 152 g/mol. The predicted molar refractivity (Wildman–Crippen MR) is 32.1 cm³/mol. The first-order chi connectivity index (χ1) is 2.81. The minimum absolute atomic E-state index is 0.976. The molecular weight excluding hydrogens is 142 g/mol. The van der Waals surface area contributed by atoms with Gasteiger partial charge >= 0.3 is 0 Å². The number of nitrogens with zero attached hydrogens (tertiary/aromatic N) is 1. The Morgan fingerprint density at radius 2 is 2.17 bits per heavy atom. The Morgan fingerprint density at radius 3 is 2.17 bits per heavy atom.